The van der Waals surface area contributed by atoms with Gasteiger partial charge in [0.1, 0.15) is 34.7 Å². The molecule has 0 radical (unpaired) electrons. The zero-order valence-corrected chi connectivity index (χ0v) is 20.5. The van der Waals surface area contributed by atoms with Crippen LogP contribution in [0.25, 0.3) is 0 Å². The first-order valence-electron chi connectivity index (χ1n) is 11.5. The van der Waals surface area contributed by atoms with Crippen molar-refractivity contribution in [2.24, 2.45) is 0 Å². The van der Waals surface area contributed by atoms with E-state index in [1.807, 2.05) is 6.07 Å². The molecule has 0 bridgehead atoms. The van der Waals surface area contributed by atoms with Crippen molar-refractivity contribution >= 4 is 23.2 Å². The summed E-state index contributed by atoms with van der Waals surface area (Å²) in [6.07, 6.45) is 2.15. The van der Waals surface area contributed by atoms with Gasteiger partial charge in [-0.1, -0.05) is 61.5 Å². The summed E-state index contributed by atoms with van der Waals surface area (Å²) in [5.41, 5.74) is 1.25. The molecule has 3 heteroatoms. The predicted molar refractivity (Wildman–Crippen MR) is 143 cm³/mol. The van der Waals surface area contributed by atoms with Gasteiger partial charge in [0, 0.05) is 6.07 Å². The Morgan fingerprint density at radius 3 is 1.36 bits per heavy atom. The highest BCUT2D eigenvalue weighted by atomic mass is 31.2. The fourth-order valence-electron chi connectivity index (χ4n) is 4.55. The van der Waals surface area contributed by atoms with Crippen molar-refractivity contribution in [3.63, 3.8) is 0 Å². The van der Waals surface area contributed by atoms with E-state index in [1.165, 1.54) is 21.5 Å². The third-order valence-electron chi connectivity index (χ3n) is 6.43. The average Bonchev–Trinajstić information content (AvgIpc) is 2.90. The molecule has 0 aliphatic carbocycles. The lowest BCUT2D eigenvalue weighted by molar-refractivity contribution is 0.392. The molecular weight excluding hydrogens is 423 g/mol. The number of methoxy groups -OCH3 is 2. The van der Waals surface area contributed by atoms with Gasteiger partial charge >= 0.3 is 0 Å². The molecule has 2 nitrogen and oxygen atoms in total. The van der Waals surface area contributed by atoms with E-state index < -0.39 is 7.26 Å². The molecule has 4 aromatic rings. The second kappa shape index (κ2) is 10.7. The first kappa shape index (κ1) is 23.1. The Balaban J connectivity index is 1.78. The van der Waals surface area contributed by atoms with E-state index in [0.717, 1.165) is 24.1 Å². The summed E-state index contributed by atoms with van der Waals surface area (Å²) in [7, 11) is 1.59. The smallest absolute Gasteiger partial charge is 0.122 e. The molecule has 4 aromatic carbocycles. The predicted octanol–water partition coefficient (Wildman–Crippen LogP) is 6.19. The van der Waals surface area contributed by atoms with Gasteiger partial charge in [-0.05, 0) is 66.4 Å². The van der Waals surface area contributed by atoms with Crippen LogP contribution in [0, 0.1) is 0 Å². The van der Waals surface area contributed by atoms with Gasteiger partial charge in [0.2, 0.25) is 0 Å². The van der Waals surface area contributed by atoms with E-state index in [2.05, 4.69) is 110 Å². The maximum atomic E-state index is 5.53. The highest BCUT2D eigenvalue weighted by molar-refractivity contribution is 7.95. The van der Waals surface area contributed by atoms with E-state index in [0.29, 0.717) is 5.92 Å². The van der Waals surface area contributed by atoms with E-state index in [4.69, 9.17) is 9.47 Å². The lowest BCUT2D eigenvalue weighted by atomic mass is 9.98. The highest BCUT2D eigenvalue weighted by Gasteiger charge is 2.45. The monoisotopic (exact) mass is 455 g/mol. The quantitative estimate of drug-likeness (QED) is 0.280. The molecule has 0 aliphatic rings. The largest absolute Gasteiger partial charge is 0.497 e. The van der Waals surface area contributed by atoms with Gasteiger partial charge < -0.3 is 9.47 Å². The lowest BCUT2D eigenvalue weighted by Crippen LogP contribution is -2.33. The van der Waals surface area contributed by atoms with Crippen LogP contribution in [-0.2, 0) is 0 Å². The summed E-state index contributed by atoms with van der Waals surface area (Å²) in [5.74, 6) is 2.04. The van der Waals surface area contributed by atoms with E-state index in [1.54, 1.807) is 14.2 Å². The molecule has 0 amide bonds. The topological polar surface area (TPSA) is 18.5 Å². The Morgan fingerprint density at radius 1 is 0.606 bits per heavy atom. The second-order valence-corrected chi connectivity index (χ2v) is 12.0. The molecule has 4 rings (SSSR count). The van der Waals surface area contributed by atoms with Crippen LogP contribution < -0.4 is 25.4 Å². The number of hydrogen-bond donors (Lipinski definition) is 0. The second-order valence-electron chi connectivity index (χ2n) is 8.38. The van der Waals surface area contributed by atoms with Crippen molar-refractivity contribution in [2.45, 2.75) is 19.3 Å². The van der Waals surface area contributed by atoms with Crippen molar-refractivity contribution in [2.75, 3.05) is 20.4 Å². The van der Waals surface area contributed by atoms with Crippen LogP contribution in [0.4, 0.5) is 0 Å². The third kappa shape index (κ3) is 4.97. The SMILES string of the molecule is COc1cc(OC)cc(C(C)CC[P+](c2ccccc2)(c2ccccc2)c2ccccc2)c1. The fraction of sp³-hybridized carbons (Fsp3) is 0.200. The van der Waals surface area contributed by atoms with Gasteiger partial charge in [0.25, 0.3) is 0 Å². The first-order chi connectivity index (χ1) is 16.2. The van der Waals surface area contributed by atoms with E-state index in [9.17, 15) is 0 Å². The van der Waals surface area contributed by atoms with Gasteiger partial charge in [0.05, 0.1) is 20.4 Å². The molecule has 1 atom stereocenters. The standard InChI is InChI=1S/C30H32O2P/c1-24(25-21-26(31-2)23-27(22-25)32-3)19-20-33(28-13-7-4-8-14-28,29-15-9-5-10-16-29)30-17-11-6-12-18-30/h4-18,21-24H,19-20H2,1-3H3/q+1. The molecule has 1 unspecified atom stereocenters. The highest BCUT2D eigenvalue weighted by Crippen LogP contribution is 2.56. The number of rotatable bonds is 9. The van der Waals surface area contributed by atoms with Gasteiger partial charge in [-0.2, -0.15) is 0 Å². The molecule has 0 fully saturated rings. The van der Waals surface area contributed by atoms with Crippen molar-refractivity contribution in [3.05, 3.63) is 115 Å². The van der Waals surface area contributed by atoms with Crippen molar-refractivity contribution in [3.8, 4) is 11.5 Å². The molecule has 33 heavy (non-hydrogen) atoms. The van der Waals surface area contributed by atoms with Gasteiger partial charge in [-0.25, -0.2) is 0 Å². The minimum atomic E-state index is -1.83. The van der Waals surface area contributed by atoms with Gasteiger partial charge in [-0.15, -0.1) is 0 Å². The molecule has 168 valence electrons. The van der Waals surface area contributed by atoms with E-state index in [-0.39, 0.29) is 0 Å². The lowest BCUT2D eigenvalue weighted by Gasteiger charge is -2.29. The molecule has 0 aromatic heterocycles. The van der Waals surface area contributed by atoms with Crippen LogP contribution >= 0.6 is 7.26 Å². The van der Waals surface area contributed by atoms with Crippen molar-refractivity contribution in [1.82, 2.24) is 0 Å². The molecule has 0 saturated carbocycles. The van der Waals surface area contributed by atoms with E-state index >= 15 is 0 Å². The maximum absolute atomic E-state index is 5.53. The summed E-state index contributed by atoms with van der Waals surface area (Å²) in [5, 5.41) is 4.29. The van der Waals surface area contributed by atoms with Gasteiger partial charge in [0.15, 0.2) is 0 Å². The Labute approximate surface area is 198 Å². The van der Waals surface area contributed by atoms with Crippen LogP contribution in [0.2, 0.25) is 0 Å². The number of hydrogen-bond acceptors (Lipinski definition) is 2. The Morgan fingerprint density at radius 2 is 1.00 bits per heavy atom. The Bertz CT molecular complexity index is 1020. The first-order valence-corrected chi connectivity index (χ1v) is 13.4. The van der Waals surface area contributed by atoms with Crippen LogP contribution in [0.15, 0.2) is 109 Å². The summed E-state index contributed by atoms with van der Waals surface area (Å²) < 4.78 is 11.1. The van der Waals surface area contributed by atoms with Crippen molar-refractivity contribution in [1.29, 1.82) is 0 Å². The summed E-state index contributed by atoms with van der Waals surface area (Å²) >= 11 is 0. The molecule has 0 aliphatic heterocycles. The van der Waals surface area contributed by atoms with Crippen LogP contribution in [-0.4, -0.2) is 20.4 Å². The molecule has 0 spiro atoms. The minimum absolute atomic E-state index is 0.365. The number of ether oxygens (including phenoxy) is 2. The summed E-state index contributed by atoms with van der Waals surface area (Å²) in [6, 6.07) is 39.5. The average molecular weight is 456 g/mol. The van der Waals surface area contributed by atoms with Gasteiger partial charge in [-0.3, -0.25) is 0 Å². The zero-order valence-electron chi connectivity index (χ0n) is 19.6. The zero-order chi connectivity index (χ0) is 23.1. The molecule has 0 saturated heterocycles. The van der Waals surface area contributed by atoms with Crippen LogP contribution in [0.1, 0.15) is 24.8 Å². The Hall–Kier alpha value is -3.09. The van der Waals surface area contributed by atoms with Crippen LogP contribution in [0.5, 0.6) is 11.5 Å². The third-order valence-corrected chi connectivity index (χ3v) is 10.9. The summed E-state index contributed by atoms with van der Waals surface area (Å²) in [6.45, 7) is 2.31. The molecular formula is C30H32O2P+. The number of benzene rings is 4. The fourth-order valence-corrected chi connectivity index (χ4v) is 9.04. The normalized spacial score (nSPS) is 12.2. The van der Waals surface area contributed by atoms with Crippen molar-refractivity contribution < 1.29 is 9.47 Å². The minimum Gasteiger partial charge on any atom is -0.497 e. The summed E-state index contributed by atoms with van der Waals surface area (Å²) in [4.78, 5) is 0. The molecule has 0 N–H and O–H groups in total. The maximum Gasteiger partial charge on any atom is 0.122 e. The Kier molecular flexibility index (Phi) is 7.47. The molecule has 0 heterocycles. The van der Waals surface area contributed by atoms with Crippen LogP contribution in [0.3, 0.4) is 0 Å².